The van der Waals surface area contributed by atoms with Gasteiger partial charge in [-0.2, -0.15) is 5.26 Å². The Balaban J connectivity index is 2.39. The van der Waals surface area contributed by atoms with Crippen LogP contribution in [0, 0.1) is 46.0 Å². The molecule has 0 amide bonds. The molecule has 0 spiro atoms. The van der Waals surface area contributed by atoms with Crippen LogP contribution >= 0.6 is 11.8 Å². The third-order valence-electron chi connectivity index (χ3n) is 3.24. The van der Waals surface area contributed by atoms with E-state index in [0.29, 0.717) is 11.8 Å². The molecule has 118 valence electrons. The van der Waals surface area contributed by atoms with Gasteiger partial charge in [-0.05, 0) is 61.0 Å². The molecule has 0 N–H and O–H groups in total. The number of rotatable bonds is 2. The lowest BCUT2D eigenvalue weighted by Crippen LogP contribution is -1.91. The molecule has 0 radical (unpaired) electrons. The van der Waals surface area contributed by atoms with Crippen molar-refractivity contribution >= 4 is 11.8 Å². The molecule has 0 aliphatic rings. The first-order valence-electron chi connectivity index (χ1n) is 7.21. The third-order valence-corrected chi connectivity index (χ3v) is 3.93. The summed E-state index contributed by atoms with van der Waals surface area (Å²) in [5, 5.41) is 10.2. The Hall–Kier alpha value is -2.74. The summed E-state index contributed by atoms with van der Waals surface area (Å²) in [6.07, 6.45) is 0.781. The van der Waals surface area contributed by atoms with Crippen molar-refractivity contribution in [3.8, 4) is 29.1 Å². The van der Waals surface area contributed by atoms with Crippen molar-refractivity contribution in [3.05, 3.63) is 64.2 Å². The van der Waals surface area contributed by atoms with Gasteiger partial charge in [0.05, 0.1) is 4.90 Å². The second kappa shape index (κ2) is 8.21. The van der Waals surface area contributed by atoms with Crippen LogP contribution in [0.4, 0.5) is 8.78 Å². The second-order valence-electron chi connectivity index (χ2n) is 4.81. The number of aryl methyl sites for hydroxylation is 1. The van der Waals surface area contributed by atoms with Crippen LogP contribution in [0.1, 0.15) is 36.1 Å². The summed E-state index contributed by atoms with van der Waals surface area (Å²) in [6.45, 7) is 3.79. The first-order valence-corrected chi connectivity index (χ1v) is 8.03. The monoisotopic (exact) mass is 337 g/mol. The van der Waals surface area contributed by atoms with E-state index in [2.05, 4.69) is 23.7 Å². The zero-order valence-corrected chi connectivity index (χ0v) is 14.0. The summed E-state index contributed by atoms with van der Waals surface area (Å²) >= 11 is 0.458. The highest BCUT2D eigenvalue weighted by molar-refractivity contribution is 8.03. The first-order chi connectivity index (χ1) is 11.6. The Morgan fingerprint density at radius 2 is 1.71 bits per heavy atom. The number of thioether (sulfide) groups is 1. The second-order valence-corrected chi connectivity index (χ2v) is 5.61. The average Bonchev–Trinajstić information content (AvgIpc) is 2.57. The van der Waals surface area contributed by atoms with E-state index in [-0.39, 0.29) is 10.5 Å². The maximum Gasteiger partial charge on any atom is 0.142 e. The van der Waals surface area contributed by atoms with Crippen LogP contribution in [0.25, 0.3) is 0 Å². The third kappa shape index (κ3) is 4.17. The van der Waals surface area contributed by atoms with Crippen molar-refractivity contribution in [3.63, 3.8) is 0 Å². The molecule has 2 aromatic rings. The molecule has 0 saturated heterocycles. The maximum absolute atomic E-state index is 13.8. The quantitative estimate of drug-likeness (QED) is 0.443. The van der Waals surface area contributed by atoms with Crippen LogP contribution in [-0.2, 0) is 6.42 Å². The van der Waals surface area contributed by atoms with E-state index in [1.165, 1.54) is 0 Å². The standard InChI is InChI=1S/C20H13F2NS/c1-3-5-14-6-8-17(16(4-2)10-14)9-7-15-11-18(21)20(24-13-23)19(22)12-15/h6,8,10-12H,4H2,1-2H3. The highest BCUT2D eigenvalue weighted by Gasteiger charge is 2.11. The van der Waals surface area contributed by atoms with Gasteiger partial charge in [-0.15, -0.1) is 5.92 Å². The number of nitriles is 1. The van der Waals surface area contributed by atoms with E-state index in [4.69, 9.17) is 5.26 Å². The minimum Gasteiger partial charge on any atom is -0.206 e. The van der Waals surface area contributed by atoms with Crippen LogP contribution in [0.2, 0.25) is 0 Å². The number of halogens is 2. The average molecular weight is 337 g/mol. The summed E-state index contributed by atoms with van der Waals surface area (Å²) in [5.74, 6) is 10.0. The lowest BCUT2D eigenvalue weighted by atomic mass is 10.0. The molecule has 2 rings (SSSR count). The van der Waals surface area contributed by atoms with Crippen LogP contribution < -0.4 is 0 Å². The fourth-order valence-corrected chi connectivity index (χ4v) is 2.55. The van der Waals surface area contributed by atoms with E-state index < -0.39 is 11.6 Å². The molecular weight excluding hydrogens is 324 g/mol. The van der Waals surface area contributed by atoms with Crippen LogP contribution in [0.15, 0.2) is 35.2 Å². The molecule has 0 aliphatic heterocycles. The number of nitrogens with zero attached hydrogens (tertiary/aromatic N) is 1. The van der Waals surface area contributed by atoms with Gasteiger partial charge >= 0.3 is 0 Å². The van der Waals surface area contributed by atoms with Gasteiger partial charge in [0.25, 0.3) is 0 Å². The molecule has 0 aromatic heterocycles. The van der Waals surface area contributed by atoms with Gasteiger partial charge in [0.1, 0.15) is 17.0 Å². The van der Waals surface area contributed by atoms with Gasteiger partial charge in [0.2, 0.25) is 0 Å². The Morgan fingerprint density at radius 3 is 2.29 bits per heavy atom. The molecule has 1 nitrogen and oxygen atoms in total. The van der Waals surface area contributed by atoms with Gasteiger partial charge in [-0.3, -0.25) is 0 Å². The molecule has 0 saturated carbocycles. The van der Waals surface area contributed by atoms with Gasteiger partial charge in [-0.1, -0.05) is 24.7 Å². The van der Waals surface area contributed by atoms with E-state index >= 15 is 0 Å². The van der Waals surface area contributed by atoms with E-state index in [1.54, 1.807) is 12.3 Å². The van der Waals surface area contributed by atoms with Crippen LogP contribution in [0.3, 0.4) is 0 Å². The number of thiocyanates is 1. The summed E-state index contributed by atoms with van der Waals surface area (Å²) < 4.78 is 27.6. The highest BCUT2D eigenvalue weighted by Crippen LogP contribution is 2.25. The summed E-state index contributed by atoms with van der Waals surface area (Å²) in [5.41, 5.74) is 2.97. The minimum atomic E-state index is -0.782. The largest absolute Gasteiger partial charge is 0.206 e. The number of hydrogen-bond donors (Lipinski definition) is 0. The summed E-state index contributed by atoms with van der Waals surface area (Å²) in [6, 6.07) is 7.97. The topological polar surface area (TPSA) is 23.8 Å². The fraction of sp³-hybridized carbons (Fsp3) is 0.150. The number of benzene rings is 2. The molecule has 0 bridgehead atoms. The van der Waals surface area contributed by atoms with Crippen LogP contribution in [0.5, 0.6) is 0 Å². The highest BCUT2D eigenvalue weighted by atomic mass is 32.2. The molecule has 2 aromatic carbocycles. The predicted octanol–water partition coefficient (Wildman–Crippen LogP) is 4.87. The molecule has 0 aliphatic carbocycles. The van der Waals surface area contributed by atoms with E-state index in [1.807, 2.05) is 25.1 Å². The van der Waals surface area contributed by atoms with Gasteiger partial charge in [-0.25, -0.2) is 8.78 Å². The Bertz CT molecular complexity index is 911. The van der Waals surface area contributed by atoms with Gasteiger partial charge in [0.15, 0.2) is 0 Å². The van der Waals surface area contributed by atoms with Crippen molar-refractivity contribution in [1.29, 1.82) is 5.26 Å². The van der Waals surface area contributed by atoms with Crippen molar-refractivity contribution in [2.45, 2.75) is 25.2 Å². The first kappa shape index (κ1) is 17.6. The predicted molar refractivity (Wildman–Crippen MR) is 92.2 cm³/mol. The summed E-state index contributed by atoms with van der Waals surface area (Å²) in [7, 11) is 0. The molecule has 0 fully saturated rings. The van der Waals surface area contributed by atoms with Crippen LogP contribution in [-0.4, -0.2) is 0 Å². The van der Waals surface area contributed by atoms with Crippen molar-refractivity contribution < 1.29 is 8.78 Å². The van der Waals surface area contributed by atoms with Crippen molar-refractivity contribution in [2.75, 3.05) is 0 Å². The lowest BCUT2D eigenvalue weighted by Gasteiger charge is -2.03. The lowest BCUT2D eigenvalue weighted by molar-refractivity contribution is 0.540. The smallest absolute Gasteiger partial charge is 0.142 e. The maximum atomic E-state index is 13.8. The Kier molecular flexibility index (Phi) is 6.02. The number of hydrogen-bond acceptors (Lipinski definition) is 2. The fourth-order valence-electron chi connectivity index (χ4n) is 2.14. The minimum absolute atomic E-state index is 0.228. The Labute approximate surface area is 144 Å². The summed E-state index contributed by atoms with van der Waals surface area (Å²) in [4.78, 5) is -0.306. The molecule has 0 unspecified atom stereocenters. The molecule has 4 heteroatoms. The normalized spacial score (nSPS) is 9.29. The van der Waals surface area contributed by atoms with E-state index in [9.17, 15) is 8.78 Å². The molecular formula is C20H13F2NS. The van der Waals surface area contributed by atoms with Crippen molar-refractivity contribution in [2.24, 2.45) is 0 Å². The van der Waals surface area contributed by atoms with Gasteiger partial charge in [0, 0.05) is 16.7 Å². The van der Waals surface area contributed by atoms with Crippen molar-refractivity contribution in [1.82, 2.24) is 0 Å². The Morgan fingerprint density at radius 1 is 1.00 bits per heavy atom. The van der Waals surface area contributed by atoms with Gasteiger partial charge < -0.3 is 0 Å². The molecule has 24 heavy (non-hydrogen) atoms. The zero-order chi connectivity index (χ0) is 17.5. The SMILES string of the molecule is CC#Cc1ccc(C#Cc2cc(F)c(SC#N)c(F)c2)c(CC)c1. The molecule has 0 heterocycles. The molecule has 0 atom stereocenters. The zero-order valence-electron chi connectivity index (χ0n) is 13.2. The van der Waals surface area contributed by atoms with E-state index in [0.717, 1.165) is 35.2 Å².